The molecule has 2 aromatic rings. The quantitative estimate of drug-likeness (QED) is 0.829. The van der Waals surface area contributed by atoms with Crippen LogP contribution in [0.5, 0.6) is 11.5 Å². The molecule has 2 aromatic carbocycles. The number of methoxy groups -OCH3 is 2. The monoisotopic (exact) mass is 352 g/mol. The predicted molar refractivity (Wildman–Crippen MR) is 85.9 cm³/mol. The Morgan fingerprint density at radius 3 is 2.25 bits per heavy atom. The molecular weight excluding hydrogens is 339 g/mol. The number of hydrogen-bond acceptors (Lipinski definition) is 4. The summed E-state index contributed by atoms with van der Waals surface area (Å²) in [6.07, 6.45) is 0. The molecule has 24 heavy (non-hydrogen) atoms. The van der Waals surface area contributed by atoms with E-state index in [1.807, 2.05) is 0 Å². The molecule has 0 radical (unpaired) electrons. The lowest BCUT2D eigenvalue weighted by atomic mass is 10.2. The molecule has 0 spiro atoms. The first-order valence-electron chi connectivity index (χ1n) is 6.74. The molecule has 6 nitrogen and oxygen atoms in total. The lowest BCUT2D eigenvalue weighted by Crippen LogP contribution is -2.41. The molecule has 0 aliphatic heterocycles. The van der Waals surface area contributed by atoms with Gasteiger partial charge >= 0.3 is 0 Å². The standard InChI is InChI=1S/C16H14ClFN2O4/c1-23-13-6-3-9(7-14(13)24-2)15(21)19-20-16(22)11-5-4-10(18)8-12(11)17/h3-8H,1-2H3,(H,19,21)(H,20,22). The van der Waals surface area contributed by atoms with Gasteiger partial charge < -0.3 is 9.47 Å². The third-order valence-electron chi connectivity index (χ3n) is 3.11. The molecule has 2 amide bonds. The number of hydrogen-bond donors (Lipinski definition) is 2. The van der Waals surface area contributed by atoms with E-state index in [9.17, 15) is 14.0 Å². The van der Waals surface area contributed by atoms with Gasteiger partial charge in [0.1, 0.15) is 5.82 Å². The molecule has 0 aliphatic carbocycles. The summed E-state index contributed by atoms with van der Waals surface area (Å²) in [5, 5.41) is -0.0622. The first-order chi connectivity index (χ1) is 11.5. The number of carbonyl (C=O) groups is 2. The van der Waals surface area contributed by atoms with Crippen molar-refractivity contribution in [3.05, 3.63) is 58.4 Å². The van der Waals surface area contributed by atoms with Gasteiger partial charge in [-0.25, -0.2) is 4.39 Å². The first-order valence-corrected chi connectivity index (χ1v) is 7.11. The number of hydrazine groups is 1. The van der Waals surface area contributed by atoms with Gasteiger partial charge in [0.2, 0.25) is 0 Å². The number of halogens is 2. The Hall–Kier alpha value is -2.80. The molecule has 0 heterocycles. The van der Waals surface area contributed by atoms with E-state index >= 15 is 0 Å². The van der Waals surface area contributed by atoms with E-state index < -0.39 is 17.6 Å². The van der Waals surface area contributed by atoms with Crippen LogP contribution in [-0.2, 0) is 0 Å². The van der Waals surface area contributed by atoms with Crippen molar-refractivity contribution in [1.29, 1.82) is 0 Å². The molecule has 0 saturated carbocycles. The van der Waals surface area contributed by atoms with Crippen LogP contribution in [-0.4, -0.2) is 26.0 Å². The van der Waals surface area contributed by atoms with E-state index in [0.29, 0.717) is 11.5 Å². The van der Waals surface area contributed by atoms with Gasteiger partial charge in [-0.05, 0) is 36.4 Å². The van der Waals surface area contributed by atoms with Crippen molar-refractivity contribution >= 4 is 23.4 Å². The maximum atomic E-state index is 13.0. The van der Waals surface area contributed by atoms with Crippen molar-refractivity contribution in [2.24, 2.45) is 0 Å². The van der Waals surface area contributed by atoms with Gasteiger partial charge in [-0.2, -0.15) is 0 Å². The highest BCUT2D eigenvalue weighted by Crippen LogP contribution is 2.27. The average molecular weight is 353 g/mol. The van der Waals surface area contributed by atoms with E-state index in [4.69, 9.17) is 21.1 Å². The summed E-state index contributed by atoms with van der Waals surface area (Å²) in [5.41, 5.74) is 4.73. The SMILES string of the molecule is COc1ccc(C(=O)NNC(=O)c2ccc(F)cc2Cl)cc1OC. The van der Waals surface area contributed by atoms with Crippen LogP contribution in [0.4, 0.5) is 4.39 Å². The average Bonchev–Trinajstić information content (AvgIpc) is 2.58. The van der Waals surface area contributed by atoms with Crippen LogP contribution in [0.1, 0.15) is 20.7 Å². The van der Waals surface area contributed by atoms with Crippen LogP contribution in [0.25, 0.3) is 0 Å². The minimum Gasteiger partial charge on any atom is -0.493 e. The third kappa shape index (κ3) is 3.94. The minimum absolute atomic E-state index is 0.0330. The number of ether oxygens (including phenoxy) is 2. The molecule has 0 fully saturated rings. The fraction of sp³-hybridized carbons (Fsp3) is 0.125. The number of benzene rings is 2. The van der Waals surface area contributed by atoms with Crippen molar-refractivity contribution in [2.75, 3.05) is 14.2 Å². The molecule has 8 heteroatoms. The molecule has 2 rings (SSSR count). The Morgan fingerprint density at radius 1 is 0.958 bits per heavy atom. The minimum atomic E-state index is -0.672. The molecule has 2 N–H and O–H groups in total. The molecule has 0 aliphatic rings. The summed E-state index contributed by atoms with van der Waals surface area (Å²) in [6.45, 7) is 0. The van der Waals surface area contributed by atoms with Crippen LogP contribution in [0.15, 0.2) is 36.4 Å². The summed E-state index contributed by atoms with van der Waals surface area (Å²) in [5.74, 6) is -0.962. The van der Waals surface area contributed by atoms with Crippen molar-refractivity contribution in [3.8, 4) is 11.5 Å². The lowest BCUT2D eigenvalue weighted by molar-refractivity contribution is 0.0846. The fourth-order valence-electron chi connectivity index (χ4n) is 1.90. The molecule has 0 atom stereocenters. The zero-order valence-corrected chi connectivity index (χ0v) is 13.6. The second kappa shape index (κ2) is 7.65. The van der Waals surface area contributed by atoms with Crippen molar-refractivity contribution < 1.29 is 23.5 Å². The summed E-state index contributed by atoms with van der Waals surface area (Å²) >= 11 is 5.79. The Morgan fingerprint density at radius 2 is 1.62 bits per heavy atom. The van der Waals surface area contributed by atoms with Crippen LogP contribution >= 0.6 is 11.6 Å². The van der Waals surface area contributed by atoms with Gasteiger partial charge in [-0.15, -0.1) is 0 Å². The third-order valence-corrected chi connectivity index (χ3v) is 3.42. The molecule has 126 valence electrons. The Labute approximate surface area is 142 Å². The molecule has 0 aromatic heterocycles. The number of carbonyl (C=O) groups excluding carboxylic acids is 2. The normalized spacial score (nSPS) is 10.0. The van der Waals surface area contributed by atoms with E-state index in [1.54, 1.807) is 6.07 Å². The zero-order chi connectivity index (χ0) is 17.7. The summed E-state index contributed by atoms with van der Waals surface area (Å²) in [4.78, 5) is 24.0. The predicted octanol–water partition coefficient (Wildman–Crippen LogP) is 2.57. The number of nitrogens with one attached hydrogen (secondary N) is 2. The number of amides is 2. The highest BCUT2D eigenvalue weighted by Gasteiger charge is 2.14. The van der Waals surface area contributed by atoms with Gasteiger partial charge in [0.15, 0.2) is 11.5 Å². The number of rotatable bonds is 4. The maximum Gasteiger partial charge on any atom is 0.271 e. The van der Waals surface area contributed by atoms with Crippen LogP contribution in [0.3, 0.4) is 0 Å². The van der Waals surface area contributed by atoms with E-state index in [0.717, 1.165) is 12.1 Å². The first kappa shape index (κ1) is 17.6. The smallest absolute Gasteiger partial charge is 0.271 e. The summed E-state index contributed by atoms with van der Waals surface area (Å²) < 4.78 is 23.2. The highest BCUT2D eigenvalue weighted by molar-refractivity contribution is 6.33. The Balaban J connectivity index is 2.06. The van der Waals surface area contributed by atoms with Gasteiger partial charge in [-0.1, -0.05) is 11.6 Å². The van der Waals surface area contributed by atoms with E-state index in [2.05, 4.69) is 10.9 Å². The Kier molecular flexibility index (Phi) is 5.59. The zero-order valence-electron chi connectivity index (χ0n) is 12.9. The van der Waals surface area contributed by atoms with Gasteiger partial charge in [0.25, 0.3) is 11.8 Å². The molecule has 0 bridgehead atoms. The topological polar surface area (TPSA) is 76.7 Å². The molecular formula is C16H14ClFN2O4. The van der Waals surface area contributed by atoms with Gasteiger partial charge in [-0.3, -0.25) is 20.4 Å². The van der Waals surface area contributed by atoms with Crippen LogP contribution in [0, 0.1) is 5.82 Å². The summed E-state index contributed by atoms with van der Waals surface area (Å²) in [6, 6.07) is 7.85. The molecule has 0 unspecified atom stereocenters. The highest BCUT2D eigenvalue weighted by atomic mass is 35.5. The largest absolute Gasteiger partial charge is 0.493 e. The van der Waals surface area contributed by atoms with Crippen LogP contribution < -0.4 is 20.3 Å². The second-order valence-corrected chi connectivity index (χ2v) is 5.01. The van der Waals surface area contributed by atoms with E-state index in [-0.39, 0.29) is 16.1 Å². The van der Waals surface area contributed by atoms with Crippen LogP contribution in [0.2, 0.25) is 5.02 Å². The maximum absolute atomic E-state index is 13.0. The fourth-order valence-corrected chi connectivity index (χ4v) is 2.16. The van der Waals surface area contributed by atoms with Gasteiger partial charge in [0.05, 0.1) is 24.8 Å². The summed E-state index contributed by atoms with van der Waals surface area (Å²) in [7, 11) is 2.92. The lowest BCUT2D eigenvalue weighted by Gasteiger charge is -2.11. The molecule has 0 saturated heterocycles. The van der Waals surface area contributed by atoms with Crippen molar-refractivity contribution in [1.82, 2.24) is 10.9 Å². The van der Waals surface area contributed by atoms with E-state index in [1.165, 1.54) is 32.4 Å². The van der Waals surface area contributed by atoms with Crippen molar-refractivity contribution in [3.63, 3.8) is 0 Å². The second-order valence-electron chi connectivity index (χ2n) is 4.60. The van der Waals surface area contributed by atoms with Crippen molar-refractivity contribution in [2.45, 2.75) is 0 Å². The Bertz CT molecular complexity index is 783. The van der Waals surface area contributed by atoms with Gasteiger partial charge in [0, 0.05) is 5.56 Å².